The summed E-state index contributed by atoms with van der Waals surface area (Å²) in [5, 5.41) is 0. The molecular formula is C43H70N6O3Si2. The van der Waals surface area contributed by atoms with Crippen molar-refractivity contribution < 1.29 is 14.3 Å². The standard InChI is InChI=1S/C43H70N6O3Si2/c1-53(2,3)28-26-51-34-48-24-19-44-40(48)31-37(32-41-45-20-25-49(41)35-52-27-29-54(4,5)6)30-36-12-14-38(15-13-36)42(50)47-23-18-43(33-47)16-21-46(22-17-43)39-10-8-7-9-11-39/h12-15,19-20,24-25,37,39H,7-11,16-18,21-23,26-35H2,1-6H3. The van der Waals surface area contributed by atoms with E-state index >= 15 is 0 Å². The molecule has 9 nitrogen and oxygen atoms in total. The minimum atomic E-state index is -1.16. The molecule has 298 valence electrons. The van der Waals surface area contributed by atoms with Crippen LogP contribution in [0.1, 0.15) is 78.9 Å². The van der Waals surface area contributed by atoms with Crippen molar-refractivity contribution in [2.45, 2.75) is 142 Å². The molecule has 4 heterocycles. The van der Waals surface area contributed by atoms with Crippen molar-refractivity contribution in [2.75, 3.05) is 39.4 Å². The lowest BCUT2D eigenvalue weighted by Gasteiger charge is -2.43. The number of aromatic nitrogens is 4. The molecule has 0 unspecified atom stereocenters. The highest BCUT2D eigenvalue weighted by atomic mass is 28.3. The van der Waals surface area contributed by atoms with E-state index in [1.54, 1.807) is 0 Å². The second-order valence-electron chi connectivity index (χ2n) is 19.3. The molecule has 54 heavy (non-hydrogen) atoms. The maximum Gasteiger partial charge on any atom is 0.253 e. The minimum absolute atomic E-state index is 0.192. The number of ether oxygens (including phenoxy) is 2. The molecule has 3 aliphatic rings. The summed E-state index contributed by atoms with van der Waals surface area (Å²) in [5.74, 6) is 2.53. The maximum atomic E-state index is 13.8. The summed E-state index contributed by atoms with van der Waals surface area (Å²) in [6.45, 7) is 21.2. The summed E-state index contributed by atoms with van der Waals surface area (Å²) in [6, 6.07) is 11.6. The second-order valence-corrected chi connectivity index (χ2v) is 30.5. The van der Waals surface area contributed by atoms with Crippen molar-refractivity contribution in [1.82, 2.24) is 28.9 Å². The molecule has 6 rings (SSSR count). The number of benzene rings is 1. The van der Waals surface area contributed by atoms with E-state index in [-0.39, 0.29) is 11.8 Å². The summed E-state index contributed by atoms with van der Waals surface area (Å²) in [7, 11) is -2.31. The first-order valence-corrected chi connectivity index (χ1v) is 28.5. The Hall–Kier alpha value is -2.58. The molecule has 11 heteroatoms. The molecule has 1 aromatic carbocycles. The third-order valence-corrected chi connectivity index (χ3v) is 15.8. The van der Waals surface area contributed by atoms with Crippen molar-refractivity contribution in [3.63, 3.8) is 0 Å². The fraction of sp³-hybridized carbons (Fsp3) is 0.698. The number of amides is 1. The SMILES string of the molecule is C[Si](C)(C)CCOCn1ccnc1CC(Cc1ccc(C(=O)N2CCC3(CCN(C4CCCCC4)CC3)C2)cc1)Cc1nccn1COCC[Si](C)(C)C. The van der Waals surface area contributed by atoms with Gasteiger partial charge in [0.15, 0.2) is 0 Å². The Balaban J connectivity index is 1.08. The van der Waals surface area contributed by atoms with Crippen LogP contribution in [0.2, 0.25) is 51.4 Å². The summed E-state index contributed by atoms with van der Waals surface area (Å²) < 4.78 is 16.6. The maximum absolute atomic E-state index is 13.8. The quantitative estimate of drug-likeness (QED) is 0.0952. The third-order valence-electron chi connectivity index (χ3n) is 12.4. The third kappa shape index (κ3) is 12.0. The molecule has 0 bridgehead atoms. The van der Waals surface area contributed by atoms with Crippen LogP contribution in [-0.4, -0.2) is 96.4 Å². The van der Waals surface area contributed by atoms with Gasteiger partial charge in [-0.1, -0.05) is 70.7 Å². The molecule has 1 amide bonds. The monoisotopic (exact) mass is 775 g/mol. The van der Waals surface area contributed by atoms with E-state index in [1.807, 2.05) is 24.8 Å². The average molecular weight is 775 g/mol. The molecule has 2 aliphatic heterocycles. The predicted octanol–water partition coefficient (Wildman–Crippen LogP) is 8.61. The topological polar surface area (TPSA) is 77.7 Å². The first kappa shape index (κ1) is 41.1. The summed E-state index contributed by atoms with van der Waals surface area (Å²) in [6.07, 6.45) is 20.9. The van der Waals surface area contributed by atoms with Crippen LogP contribution in [0, 0.1) is 11.3 Å². The molecule has 1 aliphatic carbocycles. The van der Waals surface area contributed by atoms with E-state index < -0.39 is 16.1 Å². The Morgan fingerprint density at radius 1 is 0.759 bits per heavy atom. The second kappa shape index (κ2) is 18.6. The summed E-state index contributed by atoms with van der Waals surface area (Å²) in [4.78, 5) is 28.3. The van der Waals surface area contributed by atoms with Crippen LogP contribution >= 0.6 is 0 Å². The van der Waals surface area contributed by atoms with Gasteiger partial charge in [-0.2, -0.15) is 0 Å². The summed E-state index contributed by atoms with van der Waals surface area (Å²) in [5.41, 5.74) is 2.35. The highest BCUT2D eigenvalue weighted by Gasteiger charge is 2.43. The average Bonchev–Trinajstić information content (AvgIpc) is 3.89. The van der Waals surface area contributed by atoms with Crippen LogP contribution < -0.4 is 0 Å². The number of imidazole rings is 2. The van der Waals surface area contributed by atoms with Crippen molar-refractivity contribution in [2.24, 2.45) is 11.3 Å². The molecular weight excluding hydrogens is 705 g/mol. The van der Waals surface area contributed by atoms with Crippen molar-refractivity contribution in [3.8, 4) is 0 Å². The van der Waals surface area contributed by atoms with Crippen LogP contribution in [0.15, 0.2) is 49.1 Å². The van der Waals surface area contributed by atoms with Gasteiger partial charge in [-0.05, 0) is 92.7 Å². The number of carbonyl (C=O) groups excluding carboxylic acids is 1. The Bertz CT molecular complexity index is 1530. The number of hydrogen-bond acceptors (Lipinski definition) is 6. The van der Waals surface area contributed by atoms with Crippen LogP contribution in [-0.2, 0) is 42.2 Å². The number of carbonyl (C=O) groups is 1. The molecule has 0 atom stereocenters. The first-order valence-electron chi connectivity index (χ1n) is 21.1. The van der Waals surface area contributed by atoms with E-state index in [0.29, 0.717) is 18.9 Å². The Morgan fingerprint density at radius 3 is 1.83 bits per heavy atom. The minimum Gasteiger partial charge on any atom is -0.361 e. The zero-order chi connectivity index (χ0) is 38.2. The van der Waals surface area contributed by atoms with Crippen LogP contribution in [0.3, 0.4) is 0 Å². The van der Waals surface area contributed by atoms with Gasteiger partial charge in [0.2, 0.25) is 0 Å². The summed E-state index contributed by atoms with van der Waals surface area (Å²) >= 11 is 0. The highest BCUT2D eigenvalue weighted by molar-refractivity contribution is 6.76. The van der Waals surface area contributed by atoms with Gasteiger partial charge in [0.1, 0.15) is 25.1 Å². The van der Waals surface area contributed by atoms with Crippen molar-refractivity contribution >= 4 is 22.1 Å². The van der Waals surface area contributed by atoms with Gasteiger partial charge in [0.25, 0.3) is 5.91 Å². The molecule has 0 radical (unpaired) electrons. The Labute approximate surface area is 328 Å². The van der Waals surface area contributed by atoms with E-state index in [1.165, 1.54) is 63.6 Å². The zero-order valence-electron chi connectivity index (χ0n) is 34.5. The van der Waals surface area contributed by atoms with Gasteiger partial charge in [-0.15, -0.1) is 0 Å². The van der Waals surface area contributed by atoms with Gasteiger partial charge in [0, 0.05) is 91.7 Å². The molecule has 1 saturated carbocycles. The van der Waals surface area contributed by atoms with Gasteiger partial charge < -0.3 is 28.4 Å². The molecule has 3 aromatic rings. The normalized spacial score (nSPS) is 18.7. The Kier molecular flexibility index (Phi) is 14.1. The largest absolute Gasteiger partial charge is 0.361 e. The van der Waals surface area contributed by atoms with Gasteiger partial charge >= 0.3 is 0 Å². The van der Waals surface area contributed by atoms with Gasteiger partial charge in [0.05, 0.1) is 0 Å². The van der Waals surface area contributed by atoms with E-state index in [9.17, 15) is 4.79 Å². The number of rotatable bonds is 18. The Morgan fingerprint density at radius 2 is 1.30 bits per heavy atom. The molecule has 3 fully saturated rings. The van der Waals surface area contributed by atoms with Gasteiger partial charge in [-0.3, -0.25) is 4.79 Å². The predicted molar refractivity (Wildman–Crippen MR) is 224 cm³/mol. The first-order chi connectivity index (χ1) is 25.8. The lowest BCUT2D eigenvalue weighted by Crippen LogP contribution is -2.47. The smallest absolute Gasteiger partial charge is 0.253 e. The number of nitrogens with zero attached hydrogens (tertiary/aromatic N) is 6. The highest BCUT2D eigenvalue weighted by Crippen LogP contribution is 2.42. The lowest BCUT2D eigenvalue weighted by atomic mass is 9.77. The zero-order valence-corrected chi connectivity index (χ0v) is 36.5. The van der Waals surface area contributed by atoms with Crippen LogP contribution in [0.4, 0.5) is 0 Å². The van der Waals surface area contributed by atoms with E-state index in [0.717, 1.165) is 87.3 Å². The fourth-order valence-electron chi connectivity index (χ4n) is 8.74. The van der Waals surface area contributed by atoms with Gasteiger partial charge in [-0.25, -0.2) is 9.97 Å². The van der Waals surface area contributed by atoms with Crippen LogP contribution in [0.25, 0.3) is 0 Å². The van der Waals surface area contributed by atoms with Crippen LogP contribution in [0.5, 0.6) is 0 Å². The lowest BCUT2D eigenvalue weighted by molar-refractivity contribution is 0.0565. The number of likely N-dealkylation sites (tertiary alicyclic amines) is 2. The number of hydrogen-bond donors (Lipinski definition) is 0. The molecule has 2 aromatic heterocycles. The fourth-order valence-corrected chi connectivity index (χ4v) is 10.2. The van der Waals surface area contributed by atoms with E-state index in [2.05, 4.69) is 82.5 Å². The number of piperidine rings is 1. The molecule has 2 saturated heterocycles. The van der Waals surface area contributed by atoms with Crippen molar-refractivity contribution in [1.29, 1.82) is 0 Å². The van der Waals surface area contributed by atoms with E-state index in [4.69, 9.17) is 19.4 Å². The van der Waals surface area contributed by atoms with Crippen molar-refractivity contribution in [3.05, 3.63) is 71.8 Å². The molecule has 1 spiro atoms. The molecule has 0 N–H and O–H groups in total.